The van der Waals surface area contributed by atoms with E-state index in [1.807, 2.05) is 18.2 Å². The van der Waals surface area contributed by atoms with Crippen molar-refractivity contribution in [3.8, 4) is 18.1 Å². The Labute approximate surface area is 115 Å². The number of rotatable bonds is 6. The molecular weight excluding hydrogens is 298 g/mol. The summed E-state index contributed by atoms with van der Waals surface area (Å²) in [5.74, 6) is 2.30. The van der Waals surface area contributed by atoms with Gasteiger partial charge >= 0.3 is 5.97 Å². The summed E-state index contributed by atoms with van der Waals surface area (Å²) >= 11 is 3.39. The summed E-state index contributed by atoms with van der Waals surface area (Å²) in [6.07, 6.45) is 5.22. The number of carboxylic acid groups (broad SMARTS) is 1. The molecule has 0 fully saturated rings. The molecule has 1 rings (SSSR count). The molecule has 4 nitrogen and oxygen atoms in total. The summed E-state index contributed by atoms with van der Waals surface area (Å²) < 4.78 is 5.96. The van der Waals surface area contributed by atoms with Gasteiger partial charge in [0.2, 0.25) is 0 Å². The van der Waals surface area contributed by atoms with E-state index in [1.54, 1.807) is 12.0 Å². The fourth-order valence-corrected chi connectivity index (χ4v) is 2.14. The standard InChI is InChI=1S/C13H14BrNO3/c1-3-6-15(9-13(16)17)8-10-4-5-12(18-2)11(14)7-10/h1,4-5,7H,6,8-9H2,2H3,(H,16,17). The zero-order valence-corrected chi connectivity index (χ0v) is 11.6. The molecule has 0 radical (unpaired) electrons. The molecule has 0 amide bonds. The molecular formula is C13H14BrNO3. The molecule has 0 bridgehead atoms. The summed E-state index contributed by atoms with van der Waals surface area (Å²) in [5, 5.41) is 8.79. The third-order valence-corrected chi connectivity index (χ3v) is 2.92. The molecule has 0 unspecified atom stereocenters. The van der Waals surface area contributed by atoms with Crippen molar-refractivity contribution in [1.29, 1.82) is 0 Å². The lowest BCUT2D eigenvalue weighted by Gasteiger charge is -2.17. The van der Waals surface area contributed by atoms with Gasteiger partial charge in [0.05, 0.1) is 24.7 Å². The van der Waals surface area contributed by atoms with E-state index in [0.29, 0.717) is 13.1 Å². The number of hydrogen-bond acceptors (Lipinski definition) is 3. The Morgan fingerprint density at radius 1 is 1.61 bits per heavy atom. The monoisotopic (exact) mass is 311 g/mol. The maximum absolute atomic E-state index is 10.7. The smallest absolute Gasteiger partial charge is 0.317 e. The van der Waals surface area contributed by atoms with E-state index in [4.69, 9.17) is 16.3 Å². The molecule has 0 heterocycles. The van der Waals surface area contributed by atoms with Gasteiger partial charge in [0.15, 0.2) is 0 Å². The number of carbonyl (C=O) groups is 1. The average Bonchev–Trinajstić information content (AvgIpc) is 2.28. The first-order chi connectivity index (χ1) is 8.56. The maximum Gasteiger partial charge on any atom is 0.317 e. The Bertz CT molecular complexity index is 468. The third-order valence-electron chi connectivity index (χ3n) is 2.30. The van der Waals surface area contributed by atoms with Crippen LogP contribution in [0.3, 0.4) is 0 Å². The van der Waals surface area contributed by atoms with E-state index in [2.05, 4.69) is 21.9 Å². The third kappa shape index (κ3) is 4.40. The van der Waals surface area contributed by atoms with E-state index in [1.165, 1.54) is 0 Å². The fourth-order valence-electron chi connectivity index (χ4n) is 1.55. The molecule has 0 spiro atoms. The molecule has 0 atom stereocenters. The summed E-state index contributed by atoms with van der Waals surface area (Å²) in [6.45, 7) is 0.711. The molecule has 96 valence electrons. The van der Waals surface area contributed by atoms with Gasteiger partial charge in [0, 0.05) is 6.54 Å². The number of aliphatic carboxylic acids is 1. The number of benzene rings is 1. The molecule has 1 aromatic rings. The zero-order valence-electron chi connectivity index (χ0n) is 10.0. The van der Waals surface area contributed by atoms with Crippen LogP contribution in [0.25, 0.3) is 0 Å². The average molecular weight is 312 g/mol. The Hall–Kier alpha value is -1.51. The topological polar surface area (TPSA) is 49.8 Å². The van der Waals surface area contributed by atoms with Crippen LogP contribution in [-0.4, -0.2) is 36.2 Å². The van der Waals surface area contributed by atoms with Crippen molar-refractivity contribution in [2.75, 3.05) is 20.2 Å². The molecule has 1 N–H and O–H groups in total. The van der Waals surface area contributed by atoms with Crippen LogP contribution in [0.2, 0.25) is 0 Å². The minimum Gasteiger partial charge on any atom is -0.496 e. The minimum atomic E-state index is -0.891. The van der Waals surface area contributed by atoms with Crippen molar-refractivity contribution in [2.24, 2.45) is 0 Å². The SMILES string of the molecule is C#CCN(CC(=O)O)Cc1ccc(OC)c(Br)c1. The van der Waals surface area contributed by atoms with Crippen molar-refractivity contribution < 1.29 is 14.6 Å². The number of nitrogens with zero attached hydrogens (tertiary/aromatic N) is 1. The number of terminal acetylenes is 1. The molecule has 0 saturated carbocycles. The lowest BCUT2D eigenvalue weighted by molar-refractivity contribution is -0.138. The van der Waals surface area contributed by atoms with Crippen molar-refractivity contribution >= 4 is 21.9 Å². The second kappa shape index (κ2) is 7.04. The van der Waals surface area contributed by atoms with Crippen LogP contribution >= 0.6 is 15.9 Å². The molecule has 1 aromatic carbocycles. The first kappa shape index (κ1) is 14.6. The van der Waals surface area contributed by atoms with Gasteiger partial charge in [0.25, 0.3) is 0 Å². The Balaban J connectivity index is 2.77. The van der Waals surface area contributed by atoms with E-state index in [9.17, 15) is 4.79 Å². The van der Waals surface area contributed by atoms with E-state index in [-0.39, 0.29) is 6.54 Å². The quantitative estimate of drug-likeness (QED) is 0.816. The molecule has 0 aliphatic carbocycles. The van der Waals surface area contributed by atoms with Crippen molar-refractivity contribution in [3.63, 3.8) is 0 Å². The molecule has 5 heteroatoms. The molecule has 0 aromatic heterocycles. The molecule has 0 aliphatic rings. The van der Waals surface area contributed by atoms with Crippen LogP contribution in [0.4, 0.5) is 0 Å². The minimum absolute atomic E-state index is 0.0755. The predicted molar refractivity (Wildman–Crippen MR) is 72.4 cm³/mol. The second-order valence-corrected chi connectivity index (χ2v) is 4.57. The number of carboxylic acids is 1. The highest BCUT2D eigenvalue weighted by Gasteiger charge is 2.10. The number of halogens is 1. The zero-order chi connectivity index (χ0) is 13.5. The lowest BCUT2D eigenvalue weighted by Crippen LogP contribution is -2.29. The lowest BCUT2D eigenvalue weighted by atomic mass is 10.2. The summed E-state index contributed by atoms with van der Waals surface area (Å²) in [4.78, 5) is 12.4. The van der Waals surface area contributed by atoms with Crippen LogP contribution < -0.4 is 4.74 Å². The molecule has 18 heavy (non-hydrogen) atoms. The Morgan fingerprint density at radius 3 is 2.83 bits per heavy atom. The second-order valence-electron chi connectivity index (χ2n) is 3.71. The fraction of sp³-hybridized carbons (Fsp3) is 0.308. The summed E-state index contributed by atoms with van der Waals surface area (Å²) in [7, 11) is 1.59. The van der Waals surface area contributed by atoms with Gasteiger partial charge in [-0.15, -0.1) is 6.42 Å². The van der Waals surface area contributed by atoms with Crippen molar-refractivity contribution in [3.05, 3.63) is 28.2 Å². The highest BCUT2D eigenvalue weighted by molar-refractivity contribution is 9.10. The maximum atomic E-state index is 10.7. The highest BCUT2D eigenvalue weighted by atomic mass is 79.9. The highest BCUT2D eigenvalue weighted by Crippen LogP contribution is 2.25. The number of hydrogen-bond donors (Lipinski definition) is 1. The molecule has 0 saturated heterocycles. The largest absolute Gasteiger partial charge is 0.496 e. The van der Waals surface area contributed by atoms with Crippen LogP contribution in [0.15, 0.2) is 22.7 Å². The van der Waals surface area contributed by atoms with E-state index < -0.39 is 5.97 Å². The van der Waals surface area contributed by atoms with Crippen molar-refractivity contribution in [2.45, 2.75) is 6.54 Å². The van der Waals surface area contributed by atoms with Gasteiger partial charge in [-0.3, -0.25) is 9.69 Å². The van der Waals surface area contributed by atoms with Gasteiger partial charge in [-0.25, -0.2) is 0 Å². The molecule has 0 aliphatic heterocycles. The van der Waals surface area contributed by atoms with Gasteiger partial charge in [0.1, 0.15) is 5.75 Å². The normalized spacial score (nSPS) is 10.1. The number of ether oxygens (including phenoxy) is 1. The van der Waals surface area contributed by atoms with Crippen LogP contribution in [0.1, 0.15) is 5.56 Å². The first-order valence-electron chi connectivity index (χ1n) is 5.27. The number of methoxy groups -OCH3 is 1. The van der Waals surface area contributed by atoms with Gasteiger partial charge in [-0.1, -0.05) is 12.0 Å². The van der Waals surface area contributed by atoms with Gasteiger partial charge < -0.3 is 9.84 Å². The Morgan fingerprint density at radius 2 is 2.33 bits per heavy atom. The Kier molecular flexibility index (Phi) is 5.69. The van der Waals surface area contributed by atoms with E-state index >= 15 is 0 Å². The van der Waals surface area contributed by atoms with Gasteiger partial charge in [-0.05, 0) is 33.6 Å². The van der Waals surface area contributed by atoms with Crippen LogP contribution in [0.5, 0.6) is 5.75 Å². The predicted octanol–water partition coefficient (Wildman–Crippen LogP) is 1.98. The summed E-state index contributed by atoms with van der Waals surface area (Å²) in [6, 6.07) is 5.60. The summed E-state index contributed by atoms with van der Waals surface area (Å²) in [5.41, 5.74) is 0.971. The van der Waals surface area contributed by atoms with Gasteiger partial charge in [-0.2, -0.15) is 0 Å². The van der Waals surface area contributed by atoms with E-state index in [0.717, 1.165) is 15.8 Å². The van der Waals surface area contributed by atoms with Crippen LogP contribution in [-0.2, 0) is 11.3 Å². The van der Waals surface area contributed by atoms with Crippen LogP contribution in [0, 0.1) is 12.3 Å². The van der Waals surface area contributed by atoms with Crippen molar-refractivity contribution in [1.82, 2.24) is 4.90 Å². The first-order valence-corrected chi connectivity index (χ1v) is 6.06.